The molecule has 148 valence electrons. The summed E-state index contributed by atoms with van der Waals surface area (Å²) in [6, 6.07) is 19.5. The average molecular weight is 378 g/mol. The molecule has 0 saturated carbocycles. The van der Waals surface area contributed by atoms with Crippen molar-refractivity contribution in [2.45, 2.75) is 37.4 Å². The number of nitrogens with zero attached hydrogens (tertiary/aromatic N) is 3. The van der Waals surface area contributed by atoms with Gasteiger partial charge in [-0.15, -0.1) is 0 Å². The number of hydrogen-bond acceptors (Lipinski definition) is 3. The Bertz CT molecular complexity index is 808. The number of benzene rings is 2. The Morgan fingerprint density at radius 3 is 2.18 bits per heavy atom. The molecule has 1 fully saturated rings. The summed E-state index contributed by atoms with van der Waals surface area (Å²) in [4.78, 5) is 20.6. The second kappa shape index (κ2) is 7.69. The van der Waals surface area contributed by atoms with Crippen molar-refractivity contribution >= 4 is 5.91 Å². The Labute approximate surface area is 168 Å². The highest BCUT2D eigenvalue weighted by Gasteiger charge is 2.49. The van der Waals surface area contributed by atoms with Gasteiger partial charge in [-0.2, -0.15) is 0 Å². The van der Waals surface area contributed by atoms with Crippen LogP contribution in [-0.4, -0.2) is 66.4 Å². The number of fused-ring (bicyclic) bond motifs is 1. The van der Waals surface area contributed by atoms with Crippen LogP contribution in [0.25, 0.3) is 0 Å². The number of carbonyl (C=O) groups excluding carboxylic acids is 1. The topological polar surface area (TPSA) is 26.8 Å². The predicted octanol–water partition coefficient (Wildman–Crippen LogP) is 2.82. The third-order valence-electron chi connectivity index (χ3n) is 6.66. The summed E-state index contributed by atoms with van der Waals surface area (Å²) in [7, 11) is 6.35. The van der Waals surface area contributed by atoms with Crippen LogP contribution in [0.3, 0.4) is 0 Å². The number of carbonyl (C=O) groups is 1. The summed E-state index contributed by atoms with van der Waals surface area (Å²) in [6.45, 7) is 2.48. The van der Waals surface area contributed by atoms with Crippen molar-refractivity contribution in [3.63, 3.8) is 0 Å². The van der Waals surface area contributed by atoms with Crippen LogP contribution < -0.4 is 0 Å². The molecule has 0 unspecified atom stereocenters. The van der Waals surface area contributed by atoms with Crippen LogP contribution in [0.2, 0.25) is 0 Å². The van der Waals surface area contributed by atoms with Gasteiger partial charge in [0.05, 0.1) is 0 Å². The Morgan fingerprint density at radius 2 is 1.61 bits per heavy atom. The van der Waals surface area contributed by atoms with Gasteiger partial charge in [-0.25, -0.2) is 0 Å². The fourth-order valence-corrected chi connectivity index (χ4v) is 4.83. The van der Waals surface area contributed by atoms with Crippen molar-refractivity contribution in [2.75, 3.05) is 34.2 Å². The number of likely N-dealkylation sites (N-methyl/N-ethyl adjacent to an activating group) is 2. The largest absolute Gasteiger partial charge is 0.339 e. The summed E-state index contributed by atoms with van der Waals surface area (Å²) in [5.74, 6) is 0.298. The Balaban J connectivity index is 1.62. The molecular weight excluding hydrogens is 346 g/mol. The summed E-state index contributed by atoms with van der Waals surface area (Å²) >= 11 is 0. The minimum absolute atomic E-state index is 0.298. The molecule has 1 aliphatic heterocycles. The van der Waals surface area contributed by atoms with Gasteiger partial charge in [0.15, 0.2) is 0 Å². The SMILES string of the molecule is CN(C)[C@H]1CCN(C(=O)C2(N(C)Cc3ccccc3)Cc3ccccc3C2)C1. The van der Waals surface area contributed by atoms with Crippen molar-refractivity contribution < 1.29 is 4.79 Å². The molecule has 1 amide bonds. The third-order valence-corrected chi connectivity index (χ3v) is 6.66. The van der Waals surface area contributed by atoms with Crippen LogP contribution in [0.5, 0.6) is 0 Å². The fourth-order valence-electron chi connectivity index (χ4n) is 4.83. The molecule has 2 aromatic rings. The summed E-state index contributed by atoms with van der Waals surface area (Å²) in [5.41, 5.74) is 3.40. The van der Waals surface area contributed by atoms with Gasteiger partial charge >= 0.3 is 0 Å². The lowest BCUT2D eigenvalue weighted by molar-refractivity contribution is -0.143. The van der Waals surface area contributed by atoms with E-state index in [1.807, 2.05) is 6.07 Å². The molecule has 0 radical (unpaired) electrons. The fraction of sp³-hybridized carbons (Fsp3) is 0.458. The summed E-state index contributed by atoms with van der Waals surface area (Å²) in [5, 5.41) is 0. The molecule has 28 heavy (non-hydrogen) atoms. The molecule has 0 bridgehead atoms. The lowest BCUT2D eigenvalue weighted by atomic mass is 9.91. The van der Waals surface area contributed by atoms with Gasteiger partial charge in [0.1, 0.15) is 5.54 Å². The average Bonchev–Trinajstić information content (AvgIpc) is 3.34. The lowest BCUT2D eigenvalue weighted by Crippen LogP contribution is -2.59. The van der Waals surface area contributed by atoms with E-state index in [-0.39, 0.29) is 0 Å². The summed E-state index contributed by atoms with van der Waals surface area (Å²) < 4.78 is 0. The molecule has 1 heterocycles. The molecule has 1 saturated heterocycles. The molecule has 4 nitrogen and oxygen atoms in total. The molecule has 2 aromatic carbocycles. The van der Waals surface area contributed by atoms with E-state index in [0.717, 1.165) is 38.9 Å². The Hall–Kier alpha value is -2.17. The number of hydrogen-bond donors (Lipinski definition) is 0. The lowest BCUT2D eigenvalue weighted by Gasteiger charge is -2.40. The maximum absolute atomic E-state index is 13.9. The monoisotopic (exact) mass is 377 g/mol. The quantitative estimate of drug-likeness (QED) is 0.802. The van der Waals surface area contributed by atoms with Gasteiger partial charge in [0, 0.05) is 38.5 Å². The van der Waals surface area contributed by atoms with Gasteiger partial charge < -0.3 is 9.80 Å². The van der Waals surface area contributed by atoms with Crippen molar-refractivity contribution in [1.82, 2.24) is 14.7 Å². The zero-order valence-corrected chi connectivity index (χ0v) is 17.3. The first kappa shape index (κ1) is 19.2. The van der Waals surface area contributed by atoms with Crippen LogP contribution in [-0.2, 0) is 24.2 Å². The van der Waals surface area contributed by atoms with Crippen LogP contribution in [0.4, 0.5) is 0 Å². The second-order valence-electron chi connectivity index (χ2n) is 8.65. The van der Waals surface area contributed by atoms with E-state index in [2.05, 4.69) is 84.4 Å². The molecule has 0 aromatic heterocycles. The Morgan fingerprint density at radius 1 is 1.00 bits per heavy atom. The standard InChI is InChI=1S/C24H31N3O/c1-25(2)22-13-14-27(18-22)23(28)24(15-20-11-7-8-12-21(20)16-24)26(3)17-19-9-5-4-6-10-19/h4-12,22H,13-18H2,1-3H3/t22-/m0/s1. The summed E-state index contributed by atoms with van der Waals surface area (Å²) in [6.07, 6.45) is 2.66. The van der Waals surface area contributed by atoms with E-state index < -0.39 is 5.54 Å². The predicted molar refractivity (Wildman–Crippen MR) is 113 cm³/mol. The van der Waals surface area contributed by atoms with E-state index in [4.69, 9.17) is 0 Å². The first-order chi connectivity index (χ1) is 13.5. The van der Waals surface area contributed by atoms with Crippen molar-refractivity contribution in [3.05, 3.63) is 71.3 Å². The number of amides is 1. The molecule has 0 spiro atoms. The van der Waals surface area contributed by atoms with Crippen LogP contribution in [0.15, 0.2) is 54.6 Å². The van der Waals surface area contributed by atoms with E-state index >= 15 is 0 Å². The minimum atomic E-state index is -0.485. The molecule has 1 aliphatic carbocycles. The van der Waals surface area contributed by atoms with E-state index in [1.165, 1.54) is 16.7 Å². The smallest absolute Gasteiger partial charge is 0.243 e. The van der Waals surface area contributed by atoms with Crippen LogP contribution in [0, 0.1) is 0 Å². The minimum Gasteiger partial charge on any atom is -0.339 e. The van der Waals surface area contributed by atoms with Gasteiger partial charge in [-0.05, 0) is 44.3 Å². The number of rotatable bonds is 5. The van der Waals surface area contributed by atoms with Crippen LogP contribution in [0.1, 0.15) is 23.1 Å². The van der Waals surface area contributed by atoms with E-state index in [1.54, 1.807) is 0 Å². The molecule has 0 N–H and O–H groups in total. The number of likely N-dealkylation sites (tertiary alicyclic amines) is 1. The highest BCUT2D eigenvalue weighted by atomic mass is 16.2. The van der Waals surface area contributed by atoms with Gasteiger partial charge in [0.2, 0.25) is 5.91 Å². The van der Waals surface area contributed by atoms with Crippen LogP contribution >= 0.6 is 0 Å². The first-order valence-electron chi connectivity index (χ1n) is 10.3. The maximum Gasteiger partial charge on any atom is 0.243 e. The van der Waals surface area contributed by atoms with Gasteiger partial charge in [0.25, 0.3) is 0 Å². The zero-order valence-electron chi connectivity index (χ0n) is 17.3. The third kappa shape index (κ3) is 3.47. The van der Waals surface area contributed by atoms with E-state index in [9.17, 15) is 4.79 Å². The highest BCUT2D eigenvalue weighted by molar-refractivity contribution is 5.88. The molecule has 2 aliphatic rings. The highest BCUT2D eigenvalue weighted by Crippen LogP contribution is 2.37. The van der Waals surface area contributed by atoms with Gasteiger partial charge in [-0.1, -0.05) is 54.6 Å². The first-order valence-corrected chi connectivity index (χ1v) is 10.3. The molecule has 4 rings (SSSR count). The van der Waals surface area contributed by atoms with Gasteiger partial charge in [-0.3, -0.25) is 9.69 Å². The molecule has 1 atom stereocenters. The van der Waals surface area contributed by atoms with Crippen molar-refractivity contribution in [1.29, 1.82) is 0 Å². The van der Waals surface area contributed by atoms with Crippen molar-refractivity contribution in [3.8, 4) is 0 Å². The van der Waals surface area contributed by atoms with Crippen molar-refractivity contribution in [2.24, 2.45) is 0 Å². The maximum atomic E-state index is 13.9. The molecule has 4 heteroatoms. The molecular formula is C24H31N3O. The second-order valence-corrected chi connectivity index (χ2v) is 8.65. The zero-order chi connectivity index (χ0) is 19.7. The van der Waals surface area contributed by atoms with E-state index in [0.29, 0.717) is 11.9 Å². The normalized spacial score (nSPS) is 20.8. The Kier molecular flexibility index (Phi) is 5.26.